The molecule has 1 aliphatic rings. The minimum Gasteiger partial charge on any atom is -0.491 e. The van der Waals surface area contributed by atoms with Gasteiger partial charge in [-0.1, -0.05) is 6.07 Å². The number of halogens is 1. The Hall–Kier alpha value is -1.13. The Morgan fingerprint density at radius 3 is 2.95 bits per heavy atom. The van der Waals surface area contributed by atoms with Gasteiger partial charge in [-0.15, -0.1) is 0 Å². The standard InChI is InChI=1S/C15H23FN2O/c1-3-19-15-5-4-12(8-14(15)16)10-18(2)11-13-6-7-17-9-13/h4-5,8,13,17H,3,6-7,9-11H2,1-2H3. The summed E-state index contributed by atoms with van der Waals surface area (Å²) >= 11 is 0. The van der Waals surface area contributed by atoms with Gasteiger partial charge in [0, 0.05) is 13.1 Å². The van der Waals surface area contributed by atoms with Gasteiger partial charge < -0.3 is 15.0 Å². The zero-order valence-corrected chi connectivity index (χ0v) is 11.8. The highest BCUT2D eigenvalue weighted by atomic mass is 19.1. The molecule has 19 heavy (non-hydrogen) atoms. The van der Waals surface area contributed by atoms with Crippen molar-refractivity contribution in [3.05, 3.63) is 29.6 Å². The second kappa shape index (κ2) is 6.87. The van der Waals surface area contributed by atoms with Crippen molar-refractivity contribution in [2.45, 2.75) is 19.9 Å². The molecule has 4 heteroatoms. The van der Waals surface area contributed by atoms with Crippen molar-refractivity contribution >= 4 is 0 Å². The Morgan fingerprint density at radius 2 is 2.32 bits per heavy atom. The Bertz CT molecular complexity index is 405. The predicted octanol–water partition coefficient (Wildman–Crippen LogP) is 2.27. The molecule has 0 aliphatic carbocycles. The van der Waals surface area contributed by atoms with Gasteiger partial charge in [0.15, 0.2) is 11.6 Å². The third-order valence-electron chi connectivity index (χ3n) is 3.48. The lowest BCUT2D eigenvalue weighted by Crippen LogP contribution is -2.26. The number of nitrogens with one attached hydrogen (secondary N) is 1. The third-order valence-corrected chi connectivity index (χ3v) is 3.48. The van der Waals surface area contributed by atoms with Crippen LogP contribution in [-0.4, -0.2) is 38.2 Å². The van der Waals surface area contributed by atoms with E-state index in [9.17, 15) is 4.39 Å². The van der Waals surface area contributed by atoms with E-state index in [0.29, 0.717) is 12.4 Å². The molecule has 1 fully saturated rings. The monoisotopic (exact) mass is 266 g/mol. The second-order valence-electron chi connectivity index (χ2n) is 5.25. The summed E-state index contributed by atoms with van der Waals surface area (Å²) in [5.41, 5.74) is 0.995. The molecular weight excluding hydrogens is 243 g/mol. The average Bonchev–Trinajstić information content (AvgIpc) is 2.85. The highest BCUT2D eigenvalue weighted by Crippen LogP contribution is 2.19. The molecular formula is C15H23FN2O. The Kier molecular flexibility index (Phi) is 5.16. The van der Waals surface area contributed by atoms with Crippen molar-refractivity contribution in [3.8, 4) is 5.75 Å². The van der Waals surface area contributed by atoms with Gasteiger partial charge in [0.1, 0.15) is 0 Å². The fourth-order valence-corrected chi connectivity index (χ4v) is 2.60. The first-order chi connectivity index (χ1) is 9.19. The van der Waals surface area contributed by atoms with E-state index in [4.69, 9.17) is 4.74 Å². The first-order valence-electron chi connectivity index (χ1n) is 6.99. The molecule has 1 aromatic rings. The number of benzene rings is 1. The lowest BCUT2D eigenvalue weighted by atomic mass is 10.1. The predicted molar refractivity (Wildman–Crippen MR) is 74.9 cm³/mol. The van der Waals surface area contributed by atoms with E-state index in [1.54, 1.807) is 12.1 Å². The Balaban J connectivity index is 1.89. The number of hydrogen-bond donors (Lipinski definition) is 1. The SMILES string of the molecule is CCOc1ccc(CN(C)CC2CCNC2)cc1F. The Labute approximate surface area is 114 Å². The summed E-state index contributed by atoms with van der Waals surface area (Å²) < 4.78 is 18.9. The summed E-state index contributed by atoms with van der Waals surface area (Å²) in [6, 6.07) is 5.24. The summed E-state index contributed by atoms with van der Waals surface area (Å²) in [6.45, 7) is 6.40. The van der Waals surface area contributed by atoms with Crippen LogP contribution in [0, 0.1) is 11.7 Å². The molecule has 1 aromatic carbocycles. The van der Waals surface area contributed by atoms with Gasteiger partial charge in [-0.2, -0.15) is 0 Å². The largest absolute Gasteiger partial charge is 0.491 e. The molecule has 1 heterocycles. The van der Waals surface area contributed by atoms with Crippen molar-refractivity contribution in [3.63, 3.8) is 0 Å². The van der Waals surface area contributed by atoms with Crippen LogP contribution in [0.4, 0.5) is 4.39 Å². The maximum absolute atomic E-state index is 13.7. The molecule has 0 saturated carbocycles. The van der Waals surface area contributed by atoms with Crippen molar-refractivity contribution in [2.75, 3.05) is 33.3 Å². The number of ether oxygens (including phenoxy) is 1. The quantitative estimate of drug-likeness (QED) is 0.855. The fraction of sp³-hybridized carbons (Fsp3) is 0.600. The number of hydrogen-bond acceptors (Lipinski definition) is 3. The van der Waals surface area contributed by atoms with E-state index < -0.39 is 0 Å². The molecule has 3 nitrogen and oxygen atoms in total. The second-order valence-corrected chi connectivity index (χ2v) is 5.25. The van der Waals surface area contributed by atoms with E-state index >= 15 is 0 Å². The van der Waals surface area contributed by atoms with E-state index in [-0.39, 0.29) is 5.82 Å². The van der Waals surface area contributed by atoms with Gasteiger partial charge in [-0.3, -0.25) is 0 Å². The average molecular weight is 266 g/mol. The van der Waals surface area contributed by atoms with Gasteiger partial charge in [-0.05, 0) is 57.1 Å². The van der Waals surface area contributed by atoms with Crippen LogP contribution in [0.25, 0.3) is 0 Å². The van der Waals surface area contributed by atoms with Crippen LogP contribution >= 0.6 is 0 Å². The van der Waals surface area contributed by atoms with E-state index in [1.165, 1.54) is 6.42 Å². The van der Waals surface area contributed by atoms with Gasteiger partial charge >= 0.3 is 0 Å². The molecule has 1 unspecified atom stereocenters. The zero-order valence-electron chi connectivity index (χ0n) is 11.8. The third kappa shape index (κ3) is 4.18. The van der Waals surface area contributed by atoms with Crippen LogP contribution in [0.3, 0.4) is 0 Å². The Morgan fingerprint density at radius 1 is 1.47 bits per heavy atom. The molecule has 1 saturated heterocycles. The summed E-state index contributed by atoms with van der Waals surface area (Å²) in [7, 11) is 2.09. The minimum atomic E-state index is -0.268. The first-order valence-corrected chi connectivity index (χ1v) is 6.99. The summed E-state index contributed by atoms with van der Waals surface area (Å²) in [5, 5.41) is 3.37. The molecule has 0 bridgehead atoms. The summed E-state index contributed by atoms with van der Waals surface area (Å²) in [4.78, 5) is 2.26. The van der Waals surface area contributed by atoms with E-state index in [2.05, 4.69) is 17.3 Å². The summed E-state index contributed by atoms with van der Waals surface area (Å²) in [5.74, 6) is 0.793. The highest BCUT2D eigenvalue weighted by molar-refractivity contribution is 5.29. The van der Waals surface area contributed by atoms with Gasteiger partial charge in [0.2, 0.25) is 0 Å². The van der Waals surface area contributed by atoms with Crippen LogP contribution in [-0.2, 0) is 6.54 Å². The van der Waals surface area contributed by atoms with Crippen LogP contribution in [0.5, 0.6) is 5.75 Å². The smallest absolute Gasteiger partial charge is 0.165 e. The van der Waals surface area contributed by atoms with E-state index in [1.807, 2.05) is 13.0 Å². The maximum atomic E-state index is 13.7. The van der Waals surface area contributed by atoms with Crippen LogP contribution < -0.4 is 10.1 Å². The molecule has 1 N–H and O–H groups in total. The minimum absolute atomic E-state index is 0.268. The molecule has 0 spiro atoms. The summed E-state index contributed by atoms with van der Waals surface area (Å²) in [6.07, 6.45) is 1.24. The van der Waals surface area contributed by atoms with Crippen molar-refractivity contribution in [1.82, 2.24) is 10.2 Å². The molecule has 106 valence electrons. The van der Waals surface area contributed by atoms with Crippen molar-refractivity contribution in [2.24, 2.45) is 5.92 Å². The lowest BCUT2D eigenvalue weighted by molar-refractivity contribution is 0.277. The maximum Gasteiger partial charge on any atom is 0.165 e. The van der Waals surface area contributed by atoms with Gasteiger partial charge in [0.25, 0.3) is 0 Å². The lowest BCUT2D eigenvalue weighted by Gasteiger charge is -2.20. The topological polar surface area (TPSA) is 24.5 Å². The van der Waals surface area contributed by atoms with E-state index in [0.717, 1.165) is 37.7 Å². The number of nitrogens with zero attached hydrogens (tertiary/aromatic N) is 1. The number of rotatable bonds is 6. The molecule has 1 aliphatic heterocycles. The van der Waals surface area contributed by atoms with Gasteiger partial charge in [-0.25, -0.2) is 4.39 Å². The molecule has 1 atom stereocenters. The van der Waals surface area contributed by atoms with Gasteiger partial charge in [0.05, 0.1) is 6.61 Å². The molecule has 0 aromatic heterocycles. The molecule has 0 amide bonds. The normalized spacial score (nSPS) is 19.1. The molecule has 2 rings (SSSR count). The van der Waals surface area contributed by atoms with Crippen molar-refractivity contribution < 1.29 is 9.13 Å². The fourth-order valence-electron chi connectivity index (χ4n) is 2.60. The zero-order chi connectivity index (χ0) is 13.7. The van der Waals surface area contributed by atoms with Crippen LogP contribution in [0.15, 0.2) is 18.2 Å². The first kappa shape index (κ1) is 14.3. The van der Waals surface area contributed by atoms with Crippen molar-refractivity contribution in [1.29, 1.82) is 0 Å². The molecule has 0 radical (unpaired) electrons. The van der Waals surface area contributed by atoms with Crippen LogP contribution in [0.1, 0.15) is 18.9 Å². The van der Waals surface area contributed by atoms with Crippen LogP contribution in [0.2, 0.25) is 0 Å². The highest BCUT2D eigenvalue weighted by Gasteiger charge is 2.16.